The van der Waals surface area contributed by atoms with Gasteiger partial charge in [-0.3, -0.25) is 4.79 Å². The molecule has 146 valence electrons. The normalized spacial score (nSPS) is 10.8. The second kappa shape index (κ2) is 7.68. The van der Waals surface area contributed by atoms with Crippen molar-refractivity contribution in [3.8, 4) is 11.5 Å². The topological polar surface area (TPSA) is 78.9 Å². The maximum Gasteiger partial charge on any atom is 0.415 e. The highest BCUT2D eigenvalue weighted by molar-refractivity contribution is 6.06. The van der Waals surface area contributed by atoms with E-state index >= 15 is 0 Å². The van der Waals surface area contributed by atoms with Gasteiger partial charge in [0, 0.05) is 20.1 Å². The molecule has 2 rings (SSSR count). The number of phenols is 1. The number of carbonyl (C=O) groups is 2. The van der Waals surface area contributed by atoms with Gasteiger partial charge >= 0.3 is 6.09 Å². The van der Waals surface area contributed by atoms with Crippen LogP contribution in [0.5, 0.6) is 11.5 Å². The lowest BCUT2D eigenvalue weighted by Gasteiger charge is -2.20. The predicted octanol–water partition coefficient (Wildman–Crippen LogP) is 3.30. The average Bonchev–Trinajstić information content (AvgIpc) is 2.65. The number of carbonyl (C=O) groups excluding carboxylic acids is 2. The van der Waals surface area contributed by atoms with Crippen molar-refractivity contribution in [1.82, 2.24) is 10.2 Å². The summed E-state index contributed by atoms with van der Waals surface area (Å²) in [7, 11) is 1.19. The van der Waals surface area contributed by atoms with E-state index in [0.29, 0.717) is 0 Å². The molecule has 2 aromatic rings. The molecule has 0 radical (unpaired) electrons. The summed E-state index contributed by atoms with van der Waals surface area (Å²) in [4.78, 5) is 25.2. The molecule has 0 aliphatic heterocycles. The van der Waals surface area contributed by atoms with Crippen molar-refractivity contribution in [2.24, 2.45) is 0 Å². The summed E-state index contributed by atoms with van der Waals surface area (Å²) < 4.78 is 60.9. The number of benzene rings is 2. The van der Waals surface area contributed by atoms with Crippen molar-refractivity contribution < 1.29 is 37.0 Å². The first kappa shape index (κ1) is 20.3. The molecule has 2 aromatic carbocycles. The second-order valence-electron chi connectivity index (χ2n) is 5.40. The van der Waals surface area contributed by atoms with E-state index in [4.69, 9.17) is 4.74 Å². The monoisotopic (exact) mass is 388 g/mol. The number of halogens is 4. The van der Waals surface area contributed by atoms with Gasteiger partial charge in [0.15, 0.2) is 23.3 Å². The molecule has 0 bridgehead atoms. The fraction of sp³-hybridized carbons (Fsp3) is 0.294. The molecule has 27 heavy (non-hydrogen) atoms. The number of phenolic OH excluding ortho intramolecular Hbond substituents is 1. The van der Waals surface area contributed by atoms with Crippen LogP contribution in [0.3, 0.4) is 0 Å². The van der Waals surface area contributed by atoms with Gasteiger partial charge in [0.05, 0.1) is 16.3 Å². The van der Waals surface area contributed by atoms with Gasteiger partial charge in [-0.1, -0.05) is 0 Å². The summed E-state index contributed by atoms with van der Waals surface area (Å²) in [5.74, 6) is -10.9. The van der Waals surface area contributed by atoms with Crippen molar-refractivity contribution in [1.29, 1.82) is 0 Å². The zero-order chi connectivity index (χ0) is 20.5. The Bertz CT molecular complexity index is 930. The quantitative estimate of drug-likeness (QED) is 0.479. The summed E-state index contributed by atoms with van der Waals surface area (Å²) in [6, 6.07) is 0.748. The summed E-state index contributed by atoms with van der Waals surface area (Å²) in [6.07, 6.45) is -0.987. The Kier molecular flexibility index (Phi) is 5.77. The van der Waals surface area contributed by atoms with Gasteiger partial charge < -0.3 is 20.1 Å². The van der Waals surface area contributed by atoms with Crippen molar-refractivity contribution in [2.45, 2.75) is 13.8 Å². The number of ether oxygens (including phenoxy) is 1. The van der Waals surface area contributed by atoms with Gasteiger partial charge in [-0.2, -0.15) is 0 Å². The third kappa shape index (κ3) is 3.34. The minimum absolute atomic E-state index is 0.216. The van der Waals surface area contributed by atoms with Gasteiger partial charge in [0.2, 0.25) is 0 Å². The minimum atomic E-state index is -2.18. The molecule has 10 heteroatoms. The summed E-state index contributed by atoms with van der Waals surface area (Å²) in [6.45, 7) is 3.69. The number of amides is 2. The first-order valence-electron chi connectivity index (χ1n) is 7.89. The van der Waals surface area contributed by atoms with Crippen LogP contribution in [0.2, 0.25) is 0 Å². The number of hydrogen-bond donors (Lipinski definition) is 2. The number of fused-ring (bicyclic) bond motifs is 1. The number of aromatic hydroxyl groups is 1. The van der Waals surface area contributed by atoms with Crippen LogP contribution in [-0.4, -0.2) is 42.1 Å². The Hall–Kier alpha value is -3.04. The zero-order valence-corrected chi connectivity index (χ0v) is 14.6. The van der Waals surface area contributed by atoms with Crippen LogP contribution in [0.4, 0.5) is 22.4 Å². The largest absolute Gasteiger partial charge is 0.506 e. The lowest BCUT2D eigenvalue weighted by molar-refractivity contribution is 0.0959. The molecule has 0 spiro atoms. The van der Waals surface area contributed by atoms with E-state index in [0.717, 1.165) is 6.07 Å². The fourth-order valence-electron chi connectivity index (χ4n) is 2.52. The third-order valence-corrected chi connectivity index (χ3v) is 3.97. The van der Waals surface area contributed by atoms with E-state index in [9.17, 15) is 32.3 Å². The molecule has 0 atom stereocenters. The SMILES string of the molecule is CCN(CC)C(=O)Oc1cc(C(=O)NC)c(O)c2c(F)c(F)c(F)c(F)c12. The van der Waals surface area contributed by atoms with Crippen molar-refractivity contribution in [3.63, 3.8) is 0 Å². The van der Waals surface area contributed by atoms with Gasteiger partial charge in [0.1, 0.15) is 11.5 Å². The zero-order valence-electron chi connectivity index (χ0n) is 14.6. The fourth-order valence-corrected chi connectivity index (χ4v) is 2.52. The minimum Gasteiger partial charge on any atom is -0.506 e. The molecule has 0 saturated heterocycles. The Labute approximate surface area is 151 Å². The molecule has 2 amide bonds. The second-order valence-corrected chi connectivity index (χ2v) is 5.40. The maximum atomic E-state index is 14.3. The molecule has 0 unspecified atom stereocenters. The standard InChI is InChI=1S/C17H16F4N2O4/c1-4-23(5-2)17(26)27-8-6-7(16(25)22-3)15(24)10-9(8)11(18)13(20)14(21)12(10)19/h6,24H,4-5H2,1-3H3,(H,22,25). The molecular weight excluding hydrogens is 372 g/mol. The van der Waals surface area contributed by atoms with E-state index in [2.05, 4.69) is 5.32 Å². The lowest BCUT2D eigenvalue weighted by Crippen LogP contribution is -2.33. The van der Waals surface area contributed by atoms with E-state index in [1.807, 2.05) is 0 Å². The lowest BCUT2D eigenvalue weighted by atomic mass is 10.0. The van der Waals surface area contributed by atoms with Crippen LogP contribution in [0.1, 0.15) is 24.2 Å². The van der Waals surface area contributed by atoms with Gasteiger partial charge in [-0.05, 0) is 19.9 Å². The van der Waals surface area contributed by atoms with Crippen LogP contribution in [0.25, 0.3) is 10.8 Å². The number of rotatable bonds is 4. The number of hydrogen-bond acceptors (Lipinski definition) is 4. The first-order valence-corrected chi connectivity index (χ1v) is 7.89. The highest BCUT2D eigenvalue weighted by Gasteiger charge is 2.29. The molecule has 0 aliphatic carbocycles. The number of nitrogens with zero attached hydrogens (tertiary/aromatic N) is 1. The molecular formula is C17H16F4N2O4. The van der Waals surface area contributed by atoms with Crippen molar-refractivity contribution >= 4 is 22.8 Å². The van der Waals surface area contributed by atoms with Crippen LogP contribution < -0.4 is 10.1 Å². The van der Waals surface area contributed by atoms with E-state index in [1.165, 1.54) is 11.9 Å². The predicted molar refractivity (Wildman–Crippen MR) is 87.8 cm³/mol. The summed E-state index contributed by atoms with van der Waals surface area (Å²) in [5, 5.41) is 10.1. The van der Waals surface area contributed by atoms with Crippen molar-refractivity contribution in [2.75, 3.05) is 20.1 Å². The Morgan fingerprint density at radius 3 is 2.04 bits per heavy atom. The Morgan fingerprint density at radius 1 is 1.04 bits per heavy atom. The van der Waals surface area contributed by atoms with Gasteiger partial charge in [0.25, 0.3) is 5.91 Å². The molecule has 0 fully saturated rings. The van der Waals surface area contributed by atoms with Crippen LogP contribution >= 0.6 is 0 Å². The van der Waals surface area contributed by atoms with Gasteiger partial charge in [-0.25, -0.2) is 22.4 Å². The molecule has 0 aromatic heterocycles. The Morgan fingerprint density at radius 2 is 1.56 bits per heavy atom. The molecule has 6 nitrogen and oxygen atoms in total. The molecule has 0 heterocycles. The van der Waals surface area contributed by atoms with Crippen LogP contribution in [0, 0.1) is 23.3 Å². The maximum absolute atomic E-state index is 14.3. The van der Waals surface area contributed by atoms with E-state index < -0.39 is 63.1 Å². The van der Waals surface area contributed by atoms with Crippen LogP contribution in [-0.2, 0) is 0 Å². The summed E-state index contributed by atoms with van der Waals surface area (Å²) in [5.41, 5.74) is -0.614. The average molecular weight is 388 g/mol. The van der Waals surface area contributed by atoms with Crippen LogP contribution in [0.15, 0.2) is 6.07 Å². The molecule has 0 aliphatic rings. The summed E-state index contributed by atoms with van der Waals surface area (Å²) >= 11 is 0. The molecule has 0 saturated carbocycles. The van der Waals surface area contributed by atoms with E-state index in [-0.39, 0.29) is 13.1 Å². The van der Waals surface area contributed by atoms with E-state index in [1.54, 1.807) is 13.8 Å². The van der Waals surface area contributed by atoms with Crippen molar-refractivity contribution in [3.05, 3.63) is 34.9 Å². The third-order valence-electron chi connectivity index (χ3n) is 3.97. The molecule has 2 N–H and O–H groups in total. The first-order chi connectivity index (χ1) is 12.7. The number of nitrogens with one attached hydrogen (secondary N) is 1. The highest BCUT2D eigenvalue weighted by Crippen LogP contribution is 2.41. The smallest absolute Gasteiger partial charge is 0.415 e. The highest BCUT2D eigenvalue weighted by atomic mass is 19.2. The Balaban J connectivity index is 2.87. The van der Waals surface area contributed by atoms with Gasteiger partial charge in [-0.15, -0.1) is 0 Å².